The number of carbonyl (C=O) groups excluding carboxylic acids is 1. The predicted molar refractivity (Wildman–Crippen MR) is 51.1 cm³/mol. The zero-order chi connectivity index (χ0) is 10.8. The van der Waals surface area contributed by atoms with Crippen LogP contribution in [0, 0.1) is 5.92 Å². The van der Waals surface area contributed by atoms with Crippen molar-refractivity contribution in [2.24, 2.45) is 16.1 Å². The van der Waals surface area contributed by atoms with E-state index in [-0.39, 0.29) is 11.6 Å². The van der Waals surface area contributed by atoms with Gasteiger partial charge in [0.15, 0.2) is 5.70 Å². The van der Waals surface area contributed by atoms with Gasteiger partial charge >= 0.3 is 5.97 Å². The maximum Gasteiger partial charge on any atom is 0.356 e. The Balaban J connectivity index is 2.28. The predicted octanol–water partition coefficient (Wildman–Crippen LogP) is 1.90. The van der Waals surface area contributed by atoms with Crippen molar-refractivity contribution in [3.8, 4) is 0 Å². The fourth-order valence-corrected chi connectivity index (χ4v) is 2.22. The van der Waals surface area contributed by atoms with Crippen LogP contribution in [0.15, 0.2) is 21.5 Å². The normalized spacial score (nSPS) is 22.5. The van der Waals surface area contributed by atoms with Gasteiger partial charge in [0.25, 0.3) is 5.91 Å². The van der Waals surface area contributed by atoms with Gasteiger partial charge < -0.3 is 5.11 Å². The molecule has 1 aliphatic carbocycles. The fourth-order valence-electron chi connectivity index (χ4n) is 2.22. The van der Waals surface area contributed by atoms with E-state index in [0.717, 1.165) is 32.1 Å². The van der Waals surface area contributed by atoms with Gasteiger partial charge in [-0.1, -0.05) is 19.3 Å². The molecule has 2 rings (SSSR count). The lowest BCUT2D eigenvalue weighted by Crippen LogP contribution is -2.16. The number of carboxylic acid groups (broad SMARTS) is 1. The minimum atomic E-state index is -1.15. The summed E-state index contributed by atoms with van der Waals surface area (Å²) >= 11 is 0. The third kappa shape index (κ3) is 1.82. The van der Waals surface area contributed by atoms with Gasteiger partial charge in [-0.05, 0) is 18.8 Å². The largest absolute Gasteiger partial charge is 0.476 e. The molecular formula is C10H12N2O3. The van der Waals surface area contributed by atoms with Crippen molar-refractivity contribution in [1.82, 2.24) is 0 Å². The summed E-state index contributed by atoms with van der Waals surface area (Å²) in [7, 11) is 0. The molecule has 80 valence electrons. The number of carbonyl (C=O) groups is 2. The Bertz CT molecular complexity index is 365. The topological polar surface area (TPSA) is 79.1 Å². The third-order valence-corrected chi connectivity index (χ3v) is 2.94. The average Bonchev–Trinajstić information content (AvgIpc) is 2.61. The van der Waals surface area contributed by atoms with Gasteiger partial charge in [0.05, 0.1) is 5.57 Å². The molecule has 0 aromatic rings. The molecule has 1 N–H and O–H groups in total. The first kappa shape index (κ1) is 10.0. The highest BCUT2D eigenvalue weighted by Gasteiger charge is 2.32. The summed E-state index contributed by atoms with van der Waals surface area (Å²) in [5.41, 5.74) is 0.175. The van der Waals surface area contributed by atoms with E-state index in [4.69, 9.17) is 5.11 Å². The van der Waals surface area contributed by atoms with Crippen LogP contribution in [0.5, 0.6) is 0 Å². The molecule has 5 heteroatoms. The molecule has 5 nitrogen and oxygen atoms in total. The van der Waals surface area contributed by atoms with E-state index in [0.29, 0.717) is 5.57 Å². The molecule has 2 aliphatic rings. The standard InChI is InChI=1S/C10H12N2O3/c13-9-7(6-4-2-1-3-5-6)8(10(14)15)11-12-9/h6H,1-5H2,(H,14,15). The van der Waals surface area contributed by atoms with Crippen LogP contribution < -0.4 is 0 Å². The molecule has 0 radical (unpaired) electrons. The molecule has 15 heavy (non-hydrogen) atoms. The molecule has 0 spiro atoms. The van der Waals surface area contributed by atoms with E-state index < -0.39 is 11.9 Å². The fraction of sp³-hybridized carbons (Fsp3) is 0.600. The Labute approximate surface area is 86.9 Å². The summed E-state index contributed by atoms with van der Waals surface area (Å²) in [4.78, 5) is 22.2. The maximum absolute atomic E-state index is 11.4. The van der Waals surface area contributed by atoms with Crippen molar-refractivity contribution >= 4 is 11.9 Å². The number of amides is 1. The molecule has 0 aromatic carbocycles. The van der Waals surface area contributed by atoms with E-state index in [1.165, 1.54) is 0 Å². The minimum Gasteiger partial charge on any atom is -0.476 e. The third-order valence-electron chi connectivity index (χ3n) is 2.94. The number of hydrogen-bond donors (Lipinski definition) is 1. The Kier molecular flexibility index (Phi) is 2.62. The number of rotatable bonds is 2. The zero-order valence-corrected chi connectivity index (χ0v) is 8.27. The van der Waals surface area contributed by atoms with Crippen molar-refractivity contribution in [3.63, 3.8) is 0 Å². The molecule has 0 bridgehead atoms. The lowest BCUT2D eigenvalue weighted by atomic mass is 9.83. The van der Waals surface area contributed by atoms with E-state index in [2.05, 4.69) is 10.2 Å². The molecule has 0 saturated heterocycles. The van der Waals surface area contributed by atoms with Crippen LogP contribution in [-0.2, 0) is 9.59 Å². The van der Waals surface area contributed by atoms with Crippen molar-refractivity contribution in [2.45, 2.75) is 32.1 Å². The lowest BCUT2D eigenvalue weighted by molar-refractivity contribution is -0.133. The minimum absolute atomic E-state index is 0.0485. The van der Waals surface area contributed by atoms with Gasteiger partial charge in [-0.15, -0.1) is 10.2 Å². The van der Waals surface area contributed by atoms with Crippen LogP contribution >= 0.6 is 0 Å². The van der Waals surface area contributed by atoms with Gasteiger partial charge in [0.2, 0.25) is 0 Å². The molecular weight excluding hydrogens is 196 g/mol. The summed E-state index contributed by atoms with van der Waals surface area (Å²) in [5, 5.41) is 15.6. The van der Waals surface area contributed by atoms with Crippen LogP contribution in [0.1, 0.15) is 32.1 Å². The molecule has 1 amide bonds. The van der Waals surface area contributed by atoms with E-state index in [1.807, 2.05) is 0 Å². The Morgan fingerprint density at radius 2 is 1.87 bits per heavy atom. The van der Waals surface area contributed by atoms with E-state index in [9.17, 15) is 9.59 Å². The van der Waals surface area contributed by atoms with Gasteiger partial charge in [-0.3, -0.25) is 4.79 Å². The van der Waals surface area contributed by atoms with Gasteiger partial charge in [-0.25, -0.2) is 4.79 Å². The van der Waals surface area contributed by atoms with Crippen molar-refractivity contribution in [1.29, 1.82) is 0 Å². The average molecular weight is 208 g/mol. The molecule has 1 fully saturated rings. The van der Waals surface area contributed by atoms with Crippen LogP contribution in [-0.4, -0.2) is 17.0 Å². The summed E-state index contributed by atoms with van der Waals surface area (Å²) in [6.45, 7) is 0. The van der Waals surface area contributed by atoms with Crippen molar-refractivity contribution in [2.75, 3.05) is 0 Å². The second kappa shape index (κ2) is 3.92. The van der Waals surface area contributed by atoms with Crippen LogP contribution in [0.25, 0.3) is 0 Å². The van der Waals surface area contributed by atoms with Gasteiger partial charge in [0.1, 0.15) is 0 Å². The van der Waals surface area contributed by atoms with E-state index >= 15 is 0 Å². The first-order valence-electron chi connectivity index (χ1n) is 5.13. The number of aliphatic carboxylic acids is 1. The Morgan fingerprint density at radius 1 is 1.20 bits per heavy atom. The van der Waals surface area contributed by atoms with Crippen LogP contribution in [0.2, 0.25) is 0 Å². The quantitative estimate of drug-likeness (QED) is 0.752. The summed E-state index contributed by atoms with van der Waals surface area (Å²) in [5.74, 6) is -1.56. The number of azo groups is 1. The maximum atomic E-state index is 11.4. The second-order valence-electron chi connectivity index (χ2n) is 3.91. The van der Waals surface area contributed by atoms with Gasteiger partial charge in [0, 0.05) is 0 Å². The highest BCUT2D eigenvalue weighted by atomic mass is 16.4. The molecule has 1 heterocycles. The summed E-state index contributed by atoms with van der Waals surface area (Å²) in [6, 6.07) is 0. The summed E-state index contributed by atoms with van der Waals surface area (Å²) < 4.78 is 0. The monoisotopic (exact) mass is 208 g/mol. The zero-order valence-electron chi connectivity index (χ0n) is 8.27. The SMILES string of the molecule is O=C(O)C1=C(C2CCCCC2)C(=O)N=N1. The molecule has 0 atom stereocenters. The molecule has 1 saturated carbocycles. The van der Waals surface area contributed by atoms with Gasteiger partial charge in [-0.2, -0.15) is 0 Å². The number of nitrogens with zero attached hydrogens (tertiary/aromatic N) is 2. The number of carboxylic acids is 1. The van der Waals surface area contributed by atoms with Crippen LogP contribution in [0.3, 0.4) is 0 Å². The molecule has 1 aliphatic heterocycles. The van der Waals surface area contributed by atoms with Crippen LogP contribution in [0.4, 0.5) is 0 Å². The van der Waals surface area contributed by atoms with Crippen molar-refractivity contribution < 1.29 is 14.7 Å². The lowest BCUT2D eigenvalue weighted by Gasteiger charge is -2.21. The highest BCUT2D eigenvalue weighted by molar-refractivity contribution is 6.04. The molecule has 0 aromatic heterocycles. The summed E-state index contributed by atoms with van der Waals surface area (Å²) in [6.07, 6.45) is 5.02. The second-order valence-corrected chi connectivity index (χ2v) is 3.91. The van der Waals surface area contributed by atoms with Crippen molar-refractivity contribution in [3.05, 3.63) is 11.3 Å². The smallest absolute Gasteiger partial charge is 0.356 e. The first-order chi connectivity index (χ1) is 7.20. The highest BCUT2D eigenvalue weighted by Crippen LogP contribution is 2.34. The molecule has 0 unspecified atom stereocenters. The number of hydrogen-bond acceptors (Lipinski definition) is 3. The first-order valence-corrected chi connectivity index (χ1v) is 5.13. The van der Waals surface area contributed by atoms with E-state index in [1.54, 1.807) is 0 Å². The Hall–Kier alpha value is -1.52. The Morgan fingerprint density at radius 3 is 2.47 bits per heavy atom.